The normalized spacial score (nSPS) is 17.2. The minimum absolute atomic E-state index is 0. The molecule has 1 aromatic rings. The number of nitrogens with one attached hydrogen (secondary N) is 1. The molecule has 1 aliphatic rings. The van der Waals surface area contributed by atoms with Gasteiger partial charge in [-0.15, -0.1) is 24.0 Å². The van der Waals surface area contributed by atoms with Crippen molar-refractivity contribution in [1.29, 1.82) is 0 Å². The summed E-state index contributed by atoms with van der Waals surface area (Å²) in [5, 5.41) is 3.36. The first-order chi connectivity index (χ1) is 12.6. The molecule has 3 N–H and O–H groups in total. The van der Waals surface area contributed by atoms with E-state index in [1.807, 2.05) is 12.1 Å². The number of piperidine rings is 1. The van der Waals surface area contributed by atoms with Crippen LogP contribution in [0.25, 0.3) is 0 Å². The second-order valence-electron chi connectivity index (χ2n) is 6.61. The van der Waals surface area contributed by atoms with Gasteiger partial charge in [-0.05, 0) is 38.2 Å². The number of carbonyl (C=O) groups excluding carboxylic acids is 1. The first-order valence-electron chi connectivity index (χ1n) is 9.52. The van der Waals surface area contributed by atoms with E-state index in [0.717, 1.165) is 50.4 Å². The highest BCUT2D eigenvalue weighted by Gasteiger charge is 2.23. The fourth-order valence-corrected chi connectivity index (χ4v) is 3.17. The molecule has 0 bridgehead atoms. The van der Waals surface area contributed by atoms with E-state index in [-0.39, 0.29) is 29.9 Å². The Morgan fingerprint density at radius 2 is 2.30 bits per heavy atom. The predicted octanol–water partition coefficient (Wildman–Crippen LogP) is 2.54. The summed E-state index contributed by atoms with van der Waals surface area (Å²) in [6.07, 6.45) is 5.20. The molecule has 1 amide bonds. The van der Waals surface area contributed by atoms with Gasteiger partial charge < -0.3 is 20.7 Å². The molecule has 2 heterocycles. The van der Waals surface area contributed by atoms with Crippen molar-refractivity contribution in [3.05, 3.63) is 23.9 Å². The largest absolute Gasteiger partial charge is 0.477 e. The Labute approximate surface area is 179 Å². The molecular weight excluding hydrogens is 457 g/mol. The molecule has 1 atom stereocenters. The summed E-state index contributed by atoms with van der Waals surface area (Å²) >= 11 is 0. The maximum atomic E-state index is 11.2. The van der Waals surface area contributed by atoms with E-state index in [0.29, 0.717) is 31.4 Å². The number of halogens is 1. The summed E-state index contributed by atoms with van der Waals surface area (Å²) in [7, 11) is 0. The molecule has 1 saturated heterocycles. The van der Waals surface area contributed by atoms with Gasteiger partial charge in [0.15, 0.2) is 5.96 Å². The van der Waals surface area contributed by atoms with E-state index < -0.39 is 0 Å². The fourth-order valence-electron chi connectivity index (χ4n) is 3.17. The van der Waals surface area contributed by atoms with Crippen molar-refractivity contribution in [1.82, 2.24) is 15.2 Å². The number of amides is 1. The van der Waals surface area contributed by atoms with Crippen molar-refractivity contribution in [3.8, 4) is 5.88 Å². The minimum Gasteiger partial charge on any atom is -0.477 e. The highest BCUT2D eigenvalue weighted by molar-refractivity contribution is 14.0. The smallest absolute Gasteiger partial charge is 0.218 e. The lowest BCUT2D eigenvalue weighted by atomic mass is 9.95. The van der Waals surface area contributed by atoms with Gasteiger partial charge in [0, 0.05) is 37.8 Å². The molecule has 1 aliphatic heterocycles. The number of rotatable bonds is 8. The van der Waals surface area contributed by atoms with E-state index in [1.54, 1.807) is 6.20 Å². The van der Waals surface area contributed by atoms with Crippen LogP contribution in [0, 0.1) is 5.92 Å². The van der Waals surface area contributed by atoms with Gasteiger partial charge >= 0.3 is 0 Å². The number of likely N-dealkylation sites (tertiary alicyclic amines) is 1. The molecule has 2 rings (SSSR count). The average molecular weight is 489 g/mol. The number of guanidine groups is 1. The standard InChI is InChI=1S/C19H31N5O2.HI/c1-3-11-26-18-16(8-5-9-22-18)13-23-19(21-4-2)24-10-6-7-15(14-24)12-17(20)25;/h5,8-9,15H,3-4,6-7,10-14H2,1-2H3,(H2,20,25)(H,21,23);1H. The number of aromatic nitrogens is 1. The van der Waals surface area contributed by atoms with Crippen molar-refractivity contribution in [2.75, 3.05) is 26.2 Å². The van der Waals surface area contributed by atoms with Crippen LogP contribution in [0.5, 0.6) is 5.88 Å². The number of hydrogen-bond acceptors (Lipinski definition) is 4. The van der Waals surface area contributed by atoms with Gasteiger partial charge in [-0.1, -0.05) is 13.0 Å². The van der Waals surface area contributed by atoms with Gasteiger partial charge in [-0.25, -0.2) is 9.98 Å². The summed E-state index contributed by atoms with van der Waals surface area (Å²) in [4.78, 5) is 22.6. The number of ether oxygens (including phenoxy) is 1. The summed E-state index contributed by atoms with van der Waals surface area (Å²) in [6, 6.07) is 3.90. The fraction of sp³-hybridized carbons (Fsp3) is 0.632. The molecule has 7 nitrogen and oxygen atoms in total. The number of carbonyl (C=O) groups is 1. The van der Waals surface area contributed by atoms with Gasteiger partial charge in [0.2, 0.25) is 11.8 Å². The number of hydrogen-bond donors (Lipinski definition) is 2. The number of nitrogens with two attached hydrogens (primary N) is 1. The number of primary amides is 1. The zero-order chi connectivity index (χ0) is 18.8. The first kappa shape index (κ1) is 23.5. The second kappa shape index (κ2) is 12.7. The van der Waals surface area contributed by atoms with E-state index in [9.17, 15) is 4.79 Å². The SMILES string of the molecule is CCCOc1ncccc1CN=C(NCC)N1CCCC(CC(N)=O)C1.I. The molecule has 27 heavy (non-hydrogen) atoms. The summed E-state index contributed by atoms with van der Waals surface area (Å²) in [6.45, 7) is 7.82. The quantitative estimate of drug-likeness (QED) is 0.333. The van der Waals surface area contributed by atoms with Crippen LogP contribution in [0.4, 0.5) is 0 Å². The first-order valence-corrected chi connectivity index (χ1v) is 9.52. The maximum Gasteiger partial charge on any atom is 0.218 e. The number of pyridine rings is 1. The highest BCUT2D eigenvalue weighted by Crippen LogP contribution is 2.20. The molecule has 1 fully saturated rings. The van der Waals surface area contributed by atoms with E-state index in [1.165, 1.54) is 0 Å². The van der Waals surface area contributed by atoms with Crippen molar-refractivity contribution < 1.29 is 9.53 Å². The third kappa shape index (κ3) is 7.90. The van der Waals surface area contributed by atoms with Crippen molar-refractivity contribution in [2.24, 2.45) is 16.6 Å². The second-order valence-corrected chi connectivity index (χ2v) is 6.61. The molecule has 0 spiro atoms. The Bertz CT molecular complexity index is 612. The lowest BCUT2D eigenvalue weighted by molar-refractivity contribution is -0.119. The van der Waals surface area contributed by atoms with Crippen LogP contribution in [0.3, 0.4) is 0 Å². The van der Waals surface area contributed by atoms with Gasteiger partial charge in [-0.2, -0.15) is 0 Å². The minimum atomic E-state index is -0.230. The van der Waals surface area contributed by atoms with Gasteiger partial charge in [0.05, 0.1) is 13.2 Å². The van der Waals surface area contributed by atoms with Crippen molar-refractivity contribution >= 4 is 35.8 Å². The van der Waals surface area contributed by atoms with E-state index in [4.69, 9.17) is 15.5 Å². The molecule has 8 heteroatoms. The van der Waals surface area contributed by atoms with Crippen LogP contribution in [-0.4, -0.2) is 48.0 Å². The summed E-state index contributed by atoms with van der Waals surface area (Å²) in [5.41, 5.74) is 6.34. The number of nitrogens with zero attached hydrogens (tertiary/aromatic N) is 3. The van der Waals surface area contributed by atoms with Gasteiger partial charge in [0.25, 0.3) is 0 Å². The Morgan fingerprint density at radius 1 is 1.48 bits per heavy atom. The van der Waals surface area contributed by atoms with Crippen LogP contribution in [0.1, 0.15) is 45.1 Å². The average Bonchev–Trinajstić information content (AvgIpc) is 2.64. The molecular formula is C19H32IN5O2. The molecule has 1 unspecified atom stereocenters. The van der Waals surface area contributed by atoms with Gasteiger partial charge in [-0.3, -0.25) is 4.79 Å². The van der Waals surface area contributed by atoms with Crippen LogP contribution in [0.2, 0.25) is 0 Å². The number of aliphatic imine (C=N–C) groups is 1. The van der Waals surface area contributed by atoms with Crippen LogP contribution >= 0.6 is 24.0 Å². The molecule has 0 saturated carbocycles. The summed E-state index contributed by atoms with van der Waals surface area (Å²) in [5.74, 6) is 1.59. The maximum absolute atomic E-state index is 11.2. The Morgan fingerprint density at radius 3 is 3.00 bits per heavy atom. The predicted molar refractivity (Wildman–Crippen MR) is 118 cm³/mol. The van der Waals surface area contributed by atoms with E-state index >= 15 is 0 Å². The lowest BCUT2D eigenvalue weighted by Gasteiger charge is -2.34. The zero-order valence-corrected chi connectivity index (χ0v) is 18.6. The Balaban J connectivity index is 0.00000364. The topological polar surface area (TPSA) is 92.8 Å². The van der Waals surface area contributed by atoms with Crippen LogP contribution in [-0.2, 0) is 11.3 Å². The van der Waals surface area contributed by atoms with Crippen molar-refractivity contribution in [3.63, 3.8) is 0 Å². The molecule has 0 aliphatic carbocycles. The zero-order valence-electron chi connectivity index (χ0n) is 16.3. The molecule has 0 aromatic carbocycles. The Hall–Kier alpha value is -1.58. The molecule has 1 aromatic heterocycles. The van der Waals surface area contributed by atoms with Crippen LogP contribution < -0.4 is 15.8 Å². The van der Waals surface area contributed by atoms with Crippen LogP contribution in [0.15, 0.2) is 23.3 Å². The monoisotopic (exact) mass is 489 g/mol. The van der Waals surface area contributed by atoms with Gasteiger partial charge in [0.1, 0.15) is 0 Å². The van der Waals surface area contributed by atoms with E-state index in [2.05, 4.69) is 29.0 Å². The lowest BCUT2D eigenvalue weighted by Crippen LogP contribution is -2.47. The molecule has 0 radical (unpaired) electrons. The third-order valence-electron chi connectivity index (χ3n) is 4.34. The Kier molecular flexibility index (Phi) is 11.1. The van der Waals surface area contributed by atoms with Crippen molar-refractivity contribution in [2.45, 2.75) is 46.1 Å². The third-order valence-corrected chi connectivity index (χ3v) is 4.34. The highest BCUT2D eigenvalue weighted by atomic mass is 127. The summed E-state index contributed by atoms with van der Waals surface area (Å²) < 4.78 is 5.72. The molecule has 152 valence electrons.